The molecule has 5 heteroatoms. The number of nitrogens with two attached hydrogens (primary N) is 1. The minimum absolute atomic E-state index is 0.197. The summed E-state index contributed by atoms with van der Waals surface area (Å²) in [4.78, 5) is 2.53. The van der Waals surface area contributed by atoms with Crippen molar-refractivity contribution in [2.45, 2.75) is 24.6 Å². The molecule has 2 aromatic rings. The van der Waals surface area contributed by atoms with Crippen LogP contribution in [0.25, 0.3) is 0 Å². The Labute approximate surface area is 125 Å². The van der Waals surface area contributed by atoms with Crippen LogP contribution in [0, 0.1) is 11.6 Å². The standard InChI is InChI=1S/C15H15F2NS2/c16-11-3-9(4-12(17)7-11)5-13(18)15-6-10-8-19-2-1-14(10)20-15/h3-4,6-7,13H,1-2,5,8,18H2. The first-order valence-corrected chi connectivity index (χ1v) is 8.49. The number of halogens is 2. The highest BCUT2D eigenvalue weighted by Crippen LogP contribution is 2.34. The molecule has 1 aliphatic heterocycles. The summed E-state index contributed by atoms with van der Waals surface area (Å²) in [6.45, 7) is 0. The molecule has 1 aromatic heterocycles. The van der Waals surface area contributed by atoms with Gasteiger partial charge in [0.1, 0.15) is 11.6 Å². The van der Waals surface area contributed by atoms with E-state index in [-0.39, 0.29) is 6.04 Å². The lowest BCUT2D eigenvalue weighted by molar-refractivity contribution is 0.577. The maximum Gasteiger partial charge on any atom is 0.126 e. The van der Waals surface area contributed by atoms with Gasteiger partial charge in [-0.3, -0.25) is 0 Å². The SMILES string of the molecule is NC(Cc1cc(F)cc(F)c1)c1cc2c(s1)CCSC2. The van der Waals surface area contributed by atoms with Crippen LogP contribution in [0.3, 0.4) is 0 Å². The molecule has 0 bridgehead atoms. The minimum Gasteiger partial charge on any atom is -0.323 e. The molecule has 1 unspecified atom stereocenters. The third-order valence-electron chi connectivity index (χ3n) is 3.39. The molecule has 0 spiro atoms. The molecule has 1 aliphatic rings. The van der Waals surface area contributed by atoms with Crippen molar-refractivity contribution in [3.05, 3.63) is 56.8 Å². The van der Waals surface area contributed by atoms with E-state index < -0.39 is 11.6 Å². The first-order chi connectivity index (χ1) is 9.61. The number of hydrogen-bond acceptors (Lipinski definition) is 3. The van der Waals surface area contributed by atoms with Gasteiger partial charge in [-0.15, -0.1) is 11.3 Å². The maximum absolute atomic E-state index is 13.2. The van der Waals surface area contributed by atoms with Gasteiger partial charge in [-0.25, -0.2) is 8.78 Å². The highest BCUT2D eigenvalue weighted by atomic mass is 32.2. The lowest BCUT2D eigenvalue weighted by atomic mass is 10.0. The second-order valence-electron chi connectivity index (χ2n) is 4.99. The Balaban J connectivity index is 1.78. The van der Waals surface area contributed by atoms with Crippen LogP contribution in [0.1, 0.15) is 26.9 Å². The molecular formula is C15H15F2NS2. The fraction of sp³-hybridized carbons (Fsp3) is 0.333. The number of rotatable bonds is 3. The molecular weight excluding hydrogens is 296 g/mol. The molecule has 2 heterocycles. The molecule has 20 heavy (non-hydrogen) atoms. The molecule has 1 atom stereocenters. The van der Waals surface area contributed by atoms with Gasteiger partial charge in [-0.2, -0.15) is 11.8 Å². The summed E-state index contributed by atoms with van der Waals surface area (Å²) in [7, 11) is 0. The molecule has 0 fully saturated rings. The lowest BCUT2D eigenvalue weighted by Gasteiger charge is -2.09. The lowest BCUT2D eigenvalue weighted by Crippen LogP contribution is -2.12. The van der Waals surface area contributed by atoms with Gasteiger partial charge in [0.05, 0.1) is 0 Å². The highest BCUT2D eigenvalue weighted by Gasteiger charge is 2.17. The summed E-state index contributed by atoms with van der Waals surface area (Å²) in [5.41, 5.74) is 8.18. The quantitative estimate of drug-likeness (QED) is 0.925. The predicted molar refractivity (Wildman–Crippen MR) is 81.2 cm³/mol. The smallest absolute Gasteiger partial charge is 0.126 e. The molecule has 2 N–H and O–H groups in total. The van der Waals surface area contributed by atoms with E-state index in [4.69, 9.17) is 5.73 Å². The number of fused-ring (bicyclic) bond motifs is 1. The van der Waals surface area contributed by atoms with Gasteiger partial charge in [0, 0.05) is 27.6 Å². The van der Waals surface area contributed by atoms with E-state index in [1.54, 1.807) is 11.3 Å². The van der Waals surface area contributed by atoms with Crippen molar-refractivity contribution in [3.63, 3.8) is 0 Å². The molecule has 0 amide bonds. The van der Waals surface area contributed by atoms with Crippen molar-refractivity contribution in [2.24, 2.45) is 5.73 Å². The van der Waals surface area contributed by atoms with Gasteiger partial charge in [0.15, 0.2) is 0 Å². The van der Waals surface area contributed by atoms with Gasteiger partial charge >= 0.3 is 0 Å². The van der Waals surface area contributed by atoms with Crippen LogP contribution in [0.4, 0.5) is 8.78 Å². The van der Waals surface area contributed by atoms with Gasteiger partial charge in [0.25, 0.3) is 0 Å². The van der Waals surface area contributed by atoms with Gasteiger partial charge < -0.3 is 5.73 Å². The first kappa shape index (κ1) is 14.0. The molecule has 1 nitrogen and oxygen atoms in total. The zero-order chi connectivity index (χ0) is 14.1. The number of benzene rings is 1. The second-order valence-corrected chi connectivity index (χ2v) is 7.26. The van der Waals surface area contributed by atoms with Crippen molar-refractivity contribution in [1.29, 1.82) is 0 Å². The highest BCUT2D eigenvalue weighted by molar-refractivity contribution is 7.98. The average Bonchev–Trinajstić information content (AvgIpc) is 2.81. The van der Waals surface area contributed by atoms with Crippen LogP contribution in [-0.4, -0.2) is 5.75 Å². The van der Waals surface area contributed by atoms with E-state index in [1.165, 1.54) is 22.6 Å². The zero-order valence-corrected chi connectivity index (χ0v) is 12.5. The molecule has 106 valence electrons. The van der Waals surface area contributed by atoms with Crippen molar-refractivity contribution >= 4 is 23.1 Å². The third kappa shape index (κ3) is 3.05. The van der Waals surface area contributed by atoms with Crippen LogP contribution in [0.5, 0.6) is 0 Å². The van der Waals surface area contributed by atoms with Crippen LogP contribution < -0.4 is 5.73 Å². The second kappa shape index (κ2) is 5.84. The largest absolute Gasteiger partial charge is 0.323 e. The predicted octanol–water partition coefficient (Wildman–Crippen LogP) is 4.06. The Bertz CT molecular complexity index is 581. The summed E-state index contributed by atoms with van der Waals surface area (Å²) in [6.07, 6.45) is 1.56. The van der Waals surface area contributed by atoms with Crippen molar-refractivity contribution in [2.75, 3.05) is 5.75 Å². The van der Waals surface area contributed by atoms with Crippen LogP contribution in [-0.2, 0) is 18.6 Å². The Hall–Kier alpha value is -0.910. The monoisotopic (exact) mass is 311 g/mol. The van der Waals surface area contributed by atoms with Crippen LogP contribution in [0.15, 0.2) is 24.3 Å². The summed E-state index contributed by atoms with van der Waals surface area (Å²) < 4.78 is 26.4. The number of hydrogen-bond donors (Lipinski definition) is 1. The van der Waals surface area contributed by atoms with E-state index in [0.717, 1.165) is 28.9 Å². The fourth-order valence-electron chi connectivity index (χ4n) is 2.44. The summed E-state index contributed by atoms with van der Waals surface area (Å²) >= 11 is 3.68. The van der Waals surface area contributed by atoms with Crippen LogP contribution >= 0.6 is 23.1 Å². The normalized spacial score (nSPS) is 15.9. The summed E-state index contributed by atoms with van der Waals surface area (Å²) in [5, 5.41) is 0. The number of thiophene rings is 1. The average molecular weight is 311 g/mol. The van der Waals surface area contributed by atoms with Crippen molar-refractivity contribution < 1.29 is 8.78 Å². The van der Waals surface area contributed by atoms with E-state index in [9.17, 15) is 8.78 Å². The first-order valence-electron chi connectivity index (χ1n) is 6.51. The Morgan fingerprint density at radius 2 is 1.90 bits per heavy atom. The summed E-state index contributed by atoms with van der Waals surface area (Å²) in [6, 6.07) is 5.55. The Morgan fingerprint density at radius 1 is 1.15 bits per heavy atom. The van der Waals surface area contributed by atoms with Crippen LogP contribution in [0.2, 0.25) is 0 Å². The van der Waals surface area contributed by atoms with Gasteiger partial charge in [0.2, 0.25) is 0 Å². The Morgan fingerprint density at radius 3 is 2.60 bits per heavy atom. The maximum atomic E-state index is 13.2. The molecule has 0 saturated heterocycles. The Kier molecular flexibility index (Phi) is 4.10. The van der Waals surface area contributed by atoms with E-state index in [0.29, 0.717) is 12.0 Å². The molecule has 0 saturated carbocycles. The van der Waals surface area contributed by atoms with Gasteiger partial charge in [-0.1, -0.05) is 0 Å². The minimum atomic E-state index is -0.547. The molecule has 3 rings (SSSR count). The van der Waals surface area contributed by atoms with Gasteiger partial charge in [-0.05, 0) is 47.9 Å². The fourth-order valence-corrected chi connectivity index (χ4v) is 4.81. The summed E-state index contributed by atoms with van der Waals surface area (Å²) in [5.74, 6) is 1.12. The third-order valence-corrected chi connectivity index (χ3v) is 5.77. The van der Waals surface area contributed by atoms with E-state index in [1.807, 2.05) is 11.8 Å². The van der Waals surface area contributed by atoms with Crippen molar-refractivity contribution in [3.8, 4) is 0 Å². The molecule has 0 aliphatic carbocycles. The van der Waals surface area contributed by atoms with Crippen molar-refractivity contribution in [1.82, 2.24) is 0 Å². The number of aryl methyl sites for hydroxylation is 1. The number of thioether (sulfide) groups is 1. The van der Waals surface area contributed by atoms with E-state index in [2.05, 4.69) is 6.07 Å². The molecule has 0 radical (unpaired) electrons. The topological polar surface area (TPSA) is 26.0 Å². The molecule has 1 aromatic carbocycles. The zero-order valence-electron chi connectivity index (χ0n) is 10.9. The van der Waals surface area contributed by atoms with E-state index >= 15 is 0 Å².